The van der Waals surface area contributed by atoms with Crippen LogP contribution in [0.15, 0.2) is 0 Å². The zero-order valence-corrected chi connectivity index (χ0v) is 12.8. The quantitative estimate of drug-likeness (QED) is 0.702. The Bertz CT molecular complexity index is 407. The van der Waals surface area contributed by atoms with E-state index in [2.05, 4.69) is 36.5 Å². The van der Waals surface area contributed by atoms with E-state index in [0.717, 1.165) is 25.6 Å². The minimum absolute atomic E-state index is 0.566. The van der Waals surface area contributed by atoms with Gasteiger partial charge < -0.3 is 10.6 Å². The number of hydrogen-bond acceptors (Lipinski definition) is 3. The van der Waals surface area contributed by atoms with Gasteiger partial charge in [-0.2, -0.15) is 5.10 Å². The highest BCUT2D eigenvalue weighted by atomic mass is 15.3. The van der Waals surface area contributed by atoms with Crippen molar-refractivity contribution in [3.8, 4) is 0 Å². The maximum absolute atomic E-state index is 4.47. The standard InChI is InChI=1S/C15H28N4/c1-11(10-17-14-7-8-14)16-9-5-6-15-12(2)18-19(4)13(15)3/h11,14,16-17H,5-10H2,1-4H3. The lowest BCUT2D eigenvalue weighted by Gasteiger charge is -2.14. The SMILES string of the molecule is Cc1nn(C)c(C)c1CCCNC(C)CNC1CC1. The monoisotopic (exact) mass is 264 g/mol. The summed E-state index contributed by atoms with van der Waals surface area (Å²) in [5.41, 5.74) is 3.91. The molecule has 0 aromatic carbocycles. The third-order valence-corrected chi connectivity index (χ3v) is 4.05. The van der Waals surface area contributed by atoms with Crippen LogP contribution in [0.4, 0.5) is 0 Å². The van der Waals surface area contributed by atoms with Crippen LogP contribution in [0, 0.1) is 13.8 Å². The summed E-state index contributed by atoms with van der Waals surface area (Å²) in [6, 6.07) is 1.38. The number of hydrogen-bond donors (Lipinski definition) is 2. The fourth-order valence-electron chi connectivity index (χ4n) is 2.50. The molecule has 1 atom stereocenters. The Morgan fingerprint density at radius 1 is 1.37 bits per heavy atom. The summed E-state index contributed by atoms with van der Waals surface area (Å²) < 4.78 is 1.99. The molecule has 1 fully saturated rings. The summed E-state index contributed by atoms with van der Waals surface area (Å²) in [5.74, 6) is 0. The predicted octanol–water partition coefficient (Wildman–Crippen LogP) is 1.70. The molecule has 2 rings (SSSR count). The van der Waals surface area contributed by atoms with Crippen molar-refractivity contribution in [2.45, 2.75) is 58.5 Å². The molecule has 4 heteroatoms. The first-order valence-corrected chi connectivity index (χ1v) is 7.53. The van der Waals surface area contributed by atoms with Gasteiger partial charge in [0.2, 0.25) is 0 Å². The average Bonchev–Trinajstić information content (AvgIpc) is 3.15. The van der Waals surface area contributed by atoms with Crippen LogP contribution in [-0.4, -0.2) is 35.0 Å². The molecule has 1 aromatic heterocycles. The first-order valence-electron chi connectivity index (χ1n) is 7.53. The van der Waals surface area contributed by atoms with Crippen molar-refractivity contribution in [3.63, 3.8) is 0 Å². The largest absolute Gasteiger partial charge is 0.313 e. The summed E-state index contributed by atoms with van der Waals surface area (Å²) in [4.78, 5) is 0. The summed E-state index contributed by atoms with van der Waals surface area (Å²) >= 11 is 0. The molecule has 0 radical (unpaired) electrons. The maximum atomic E-state index is 4.47. The fourth-order valence-corrected chi connectivity index (χ4v) is 2.50. The van der Waals surface area contributed by atoms with Gasteiger partial charge in [0.1, 0.15) is 0 Å². The van der Waals surface area contributed by atoms with Crippen LogP contribution in [0.25, 0.3) is 0 Å². The van der Waals surface area contributed by atoms with E-state index in [4.69, 9.17) is 0 Å². The first-order chi connectivity index (χ1) is 9.08. The van der Waals surface area contributed by atoms with Gasteiger partial charge >= 0.3 is 0 Å². The van der Waals surface area contributed by atoms with Gasteiger partial charge in [-0.05, 0) is 58.6 Å². The van der Waals surface area contributed by atoms with Crippen molar-refractivity contribution >= 4 is 0 Å². The third-order valence-electron chi connectivity index (χ3n) is 4.05. The van der Waals surface area contributed by atoms with E-state index in [0.29, 0.717) is 6.04 Å². The Balaban J connectivity index is 1.62. The van der Waals surface area contributed by atoms with Crippen LogP contribution < -0.4 is 10.6 Å². The molecule has 2 N–H and O–H groups in total. The predicted molar refractivity (Wildman–Crippen MR) is 79.5 cm³/mol. The van der Waals surface area contributed by atoms with E-state index >= 15 is 0 Å². The lowest BCUT2D eigenvalue weighted by atomic mass is 10.1. The molecule has 0 bridgehead atoms. The molecule has 1 aromatic rings. The number of aryl methyl sites for hydroxylation is 2. The molecule has 1 aliphatic carbocycles. The Morgan fingerprint density at radius 2 is 2.11 bits per heavy atom. The number of aromatic nitrogens is 2. The Hall–Kier alpha value is -0.870. The van der Waals surface area contributed by atoms with E-state index in [1.165, 1.54) is 36.2 Å². The van der Waals surface area contributed by atoms with Gasteiger partial charge in [-0.25, -0.2) is 0 Å². The van der Waals surface area contributed by atoms with E-state index < -0.39 is 0 Å². The van der Waals surface area contributed by atoms with E-state index in [1.54, 1.807) is 0 Å². The molecule has 4 nitrogen and oxygen atoms in total. The van der Waals surface area contributed by atoms with E-state index in [9.17, 15) is 0 Å². The number of nitrogens with one attached hydrogen (secondary N) is 2. The molecular weight excluding hydrogens is 236 g/mol. The highest BCUT2D eigenvalue weighted by molar-refractivity contribution is 5.24. The molecule has 1 saturated carbocycles. The molecule has 19 heavy (non-hydrogen) atoms. The zero-order chi connectivity index (χ0) is 13.8. The second-order valence-corrected chi connectivity index (χ2v) is 5.91. The van der Waals surface area contributed by atoms with Crippen molar-refractivity contribution in [1.82, 2.24) is 20.4 Å². The van der Waals surface area contributed by atoms with Crippen LogP contribution in [-0.2, 0) is 13.5 Å². The van der Waals surface area contributed by atoms with Crippen LogP contribution in [0.2, 0.25) is 0 Å². The Labute approximate surface area is 117 Å². The minimum atomic E-state index is 0.566. The van der Waals surface area contributed by atoms with Crippen molar-refractivity contribution in [2.75, 3.05) is 13.1 Å². The normalized spacial score (nSPS) is 16.8. The molecule has 0 spiro atoms. The Morgan fingerprint density at radius 3 is 2.68 bits per heavy atom. The van der Waals surface area contributed by atoms with Crippen LogP contribution in [0.1, 0.15) is 43.1 Å². The molecular formula is C15H28N4. The number of nitrogens with zero attached hydrogens (tertiary/aromatic N) is 2. The highest BCUT2D eigenvalue weighted by Gasteiger charge is 2.20. The molecule has 0 aliphatic heterocycles. The number of rotatable bonds is 8. The molecule has 108 valence electrons. The van der Waals surface area contributed by atoms with E-state index in [-0.39, 0.29) is 0 Å². The van der Waals surface area contributed by atoms with Gasteiger partial charge in [-0.15, -0.1) is 0 Å². The second-order valence-electron chi connectivity index (χ2n) is 5.91. The second kappa shape index (κ2) is 6.53. The van der Waals surface area contributed by atoms with Crippen LogP contribution in [0.5, 0.6) is 0 Å². The molecule has 0 saturated heterocycles. The summed E-state index contributed by atoms with van der Waals surface area (Å²) in [7, 11) is 2.02. The van der Waals surface area contributed by atoms with Crippen molar-refractivity contribution in [1.29, 1.82) is 0 Å². The van der Waals surface area contributed by atoms with Crippen molar-refractivity contribution < 1.29 is 0 Å². The average molecular weight is 264 g/mol. The van der Waals surface area contributed by atoms with Gasteiger partial charge in [0.05, 0.1) is 5.69 Å². The van der Waals surface area contributed by atoms with Gasteiger partial charge in [0, 0.05) is 31.4 Å². The van der Waals surface area contributed by atoms with E-state index in [1.807, 2.05) is 11.7 Å². The summed E-state index contributed by atoms with van der Waals surface area (Å²) in [5, 5.41) is 11.6. The smallest absolute Gasteiger partial charge is 0.0628 e. The molecule has 1 heterocycles. The van der Waals surface area contributed by atoms with Crippen LogP contribution >= 0.6 is 0 Å². The topological polar surface area (TPSA) is 41.9 Å². The summed E-state index contributed by atoms with van der Waals surface area (Å²) in [6.07, 6.45) is 5.04. The van der Waals surface area contributed by atoms with Gasteiger partial charge in [-0.3, -0.25) is 4.68 Å². The lowest BCUT2D eigenvalue weighted by Crippen LogP contribution is -2.37. The fraction of sp³-hybridized carbons (Fsp3) is 0.800. The summed E-state index contributed by atoms with van der Waals surface area (Å²) in [6.45, 7) is 8.70. The van der Waals surface area contributed by atoms with Gasteiger partial charge in [0.25, 0.3) is 0 Å². The van der Waals surface area contributed by atoms with Crippen molar-refractivity contribution in [2.24, 2.45) is 7.05 Å². The first kappa shape index (κ1) is 14.5. The lowest BCUT2D eigenvalue weighted by molar-refractivity contribution is 0.494. The minimum Gasteiger partial charge on any atom is -0.313 e. The zero-order valence-electron chi connectivity index (χ0n) is 12.8. The molecule has 1 aliphatic rings. The third kappa shape index (κ3) is 4.32. The molecule has 0 amide bonds. The van der Waals surface area contributed by atoms with Crippen LogP contribution in [0.3, 0.4) is 0 Å². The van der Waals surface area contributed by atoms with Gasteiger partial charge in [0.15, 0.2) is 0 Å². The van der Waals surface area contributed by atoms with Crippen molar-refractivity contribution in [3.05, 3.63) is 17.0 Å². The Kier molecular flexibility index (Phi) is 4.99. The van der Waals surface area contributed by atoms with Gasteiger partial charge in [-0.1, -0.05) is 0 Å². The maximum Gasteiger partial charge on any atom is 0.0628 e. The highest BCUT2D eigenvalue weighted by Crippen LogP contribution is 2.18. The molecule has 1 unspecified atom stereocenters.